The molecule has 0 amide bonds. The van der Waals surface area contributed by atoms with Gasteiger partial charge in [-0.25, -0.2) is 9.97 Å². The van der Waals surface area contributed by atoms with Gasteiger partial charge in [-0.2, -0.15) is 0 Å². The Balaban J connectivity index is 1.92. The van der Waals surface area contributed by atoms with Crippen molar-refractivity contribution in [1.29, 1.82) is 0 Å². The number of ether oxygens (including phenoxy) is 1. The van der Waals surface area contributed by atoms with E-state index >= 15 is 0 Å². The smallest absolute Gasteiger partial charge is 0.131 e. The standard InChI is InChI=1S/C14H24N4O/c1-14(2,11-4-6-19-7-5-11)9-16-13-8-12(15-3)17-10-18-13/h8,10-11H,4-7,9H2,1-3H3,(H2,15,16,17,18). The Morgan fingerprint density at radius 1 is 1.26 bits per heavy atom. The second kappa shape index (κ2) is 6.19. The highest BCUT2D eigenvalue weighted by Crippen LogP contribution is 2.34. The van der Waals surface area contributed by atoms with Gasteiger partial charge < -0.3 is 15.4 Å². The molecule has 1 fully saturated rings. The number of rotatable bonds is 5. The molecule has 1 aromatic heterocycles. The SMILES string of the molecule is CNc1cc(NCC(C)(C)C2CCOCC2)ncn1. The summed E-state index contributed by atoms with van der Waals surface area (Å²) in [5.74, 6) is 2.42. The van der Waals surface area contributed by atoms with Crippen LogP contribution in [0.15, 0.2) is 12.4 Å². The summed E-state index contributed by atoms with van der Waals surface area (Å²) >= 11 is 0. The van der Waals surface area contributed by atoms with Crippen molar-refractivity contribution in [2.45, 2.75) is 26.7 Å². The predicted octanol–water partition coefficient (Wildman–Crippen LogP) is 2.38. The molecule has 5 heteroatoms. The molecule has 0 bridgehead atoms. The average Bonchev–Trinajstić information content (AvgIpc) is 2.46. The first-order valence-electron chi connectivity index (χ1n) is 6.93. The first-order valence-corrected chi connectivity index (χ1v) is 6.93. The second-order valence-electron chi connectivity index (χ2n) is 5.77. The summed E-state index contributed by atoms with van der Waals surface area (Å²) in [6.07, 6.45) is 3.88. The molecule has 0 unspecified atom stereocenters. The lowest BCUT2D eigenvalue weighted by molar-refractivity contribution is 0.0268. The number of hydrogen-bond acceptors (Lipinski definition) is 5. The molecular formula is C14H24N4O. The first kappa shape index (κ1) is 14.1. The minimum Gasteiger partial charge on any atom is -0.381 e. The van der Waals surface area contributed by atoms with Crippen molar-refractivity contribution in [3.8, 4) is 0 Å². The zero-order valence-corrected chi connectivity index (χ0v) is 12.1. The quantitative estimate of drug-likeness (QED) is 0.855. The van der Waals surface area contributed by atoms with E-state index in [2.05, 4.69) is 34.4 Å². The first-order chi connectivity index (χ1) is 9.12. The predicted molar refractivity (Wildman–Crippen MR) is 77.4 cm³/mol. The van der Waals surface area contributed by atoms with Gasteiger partial charge >= 0.3 is 0 Å². The van der Waals surface area contributed by atoms with Gasteiger partial charge in [0.15, 0.2) is 0 Å². The molecule has 106 valence electrons. The van der Waals surface area contributed by atoms with Crippen molar-refractivity contribution in [3.63, 3.8) is 0 Å². The van der Waals surface area contributed by atoms with Crippen LogP contribution in [0.3, 0.4) is 0 Å². The summed E-state index contributed by atoms with van der Waals surface area (Å²) in [6.45, 7) is 7.33. The van der Waals surface area contributed by atoms with Crippen molar-refractivity contribution in [1.82, 2.24) is 9.97 Å². The summed E-state index contributed by atoms with van der Waals surface area (Å²) in [5.41, 5.74) is 0.245. The molecule has 0 aliphatic carbocycles. The van der Waals surface area contributed by atoms with Gasteiger partial charge in [0.05, 0.1) is 0 Å². The van der Waals surface area contributed by atoms with Crippen LogP contribution in [0, 0.1) is 11.3 Å². The number of nitrogens with one attached hydrogen (secondary N) is 2. The van der Waals surface area contributed by atoms with Crippen LogP contribution in [0.2, 0.25) is 0 Å². The highest BCUT2D eigenvalue weighted by Gasteiger charge is 2.30. The summed E-state index contributed by atoms with van der Waals surface area (Å²) in [6, 6.07) is 1.93. The van der Waals surface area contributed by atoms with E-state index in [9.17, 15) is 0 Å². The summed E-state index contributed by atoms with van der Waals surface area (Å²) in [4.78, 5) is 8.36. The van der Waals surface area contributed by atoms with Crippen molar-refractivity contribution in [2.75, 3.05) is 37.4 Å². The van der Waals surface area contributed by atoms with E-state index in [-0.39, 0.29) is 5.41 Å². The molecule has 2 heterocycles. The number of aromatic nitrogens is 2. The Bertz CT molecular complexity index is 402. The molecule has 0 aromatic carbocycles. The lowest BCUT2D eigenvalue weighted by Crippen LogP contribution is -2.35. The lowest BCUT2D eigenvalue weighted by atomic mass is 9.74. The lowest BCUT2D eigenvalue weighted by Gasteiger charge is -2.37. The van der Waals surface area contributed by atoms with Gasteiger partial charge in [-0.15, -0.1) is 0 Å². The molecular weight excluding hydrogens is 240 g/mol. The third kappa shape index (κ3) is 3.80. The van der Waals surface area contributed by atoms with Gasteiger partial charge in [-0.05, 0) is 24.2 Å². The van der Waals surface area contributed by atoms with E-state index in [1.165, 1.54) is 0 Å². The number of hydrogen-bond donors (Lipinski definition) is 2. The average molecular weight is 264 g/mol. The summed E-state index contributed by atoms with van der Waals surface area (Å²) < 4.78 is 5.44. The van der Waals surface area contributed by atoms with E-state index in [1.54, 1.807) is 6.33 Å². The zero-order valence-electron chi connectivity index (χ0n) is 12.1. The van der Waals surface area contributed by atoms with Crippen LogP contribution in [0.25, 0.3) is 0 Å². The second-order valence-corrected chi connectivity index (χ2v) is 5.77. The van der Waals surface area contributed by atoms with E-state index in [0.717, 1.165) is 44.2 Å². The van der Waals surface area contributed by atoms with Gasteiger partial charge in [0.25, 0.3) is 0 Å². The molecule has 19 heavy (non-hydrogen) atoms. The van der Waals surface area contributed by atoms with Gasteiger partial charge in [0.2, 0.25) is 0 Å². The summed E-state index contributed by atoms with van der Waals surface area (Å²) in [7, 11) is 1.86. The van der Waals surface area contributed by atoms with Gasteiger partial charge in [-0.3, -0.25) is 0 Å². The van der Waals surface area contributed by atoms with E-state index in [1.807, 2.05) is 13.1 Å². The normalized spacial score (nSPS) is 17.2. The fourth-order valence-corrected chi connectivity index (χ4v) is 2.53. The Morgan fingerprint density at radius 2 is 1.95 bits per heavy atom. The molecule has 1 aliphatic rings. The van der Waals surface area contributed by atoms with Crippen LogP contribution >= 0.6 is 0 Å². The van der Waals surface area contributed by atoms with Crippen molar-refractivity contribution >= 4 is 11.6 Å². The fourth-order valence-electron chi connectivity index (χ4n) is 2.53. The molecule has 0 radical (unpaired) electrons. The zero-order chi connectivity index (χ0) is 13.7. The van der Waals surface area contributed by atoms with Gasteiger partial charge in [-0.1, -0.05) is 13.8 Å². The van der Waals surface area contributed by atoms with Crippen LogP contribution in [-0.2, 0) is 4.74 Å². The van der Waals surface area contributed by atoms with Crippen molar-refractivity contribution < 1.29 is 4.74 Å². The molecule has 1 aromatic rings. The van der Waals surface area contributed by atoms with Crippen molar-refractivity contribution in [3.05, 3.63) is 12.4 Å². The van der Waals surface area contributed by atoms with E-state index in [4.69, 9.17) is 4.74 Å². The molecule has 0 spiro atoms. The fraction of sp³-hybridized carbons (Fsp3) is 0.714. The maximum Gasteiger partial charge on any atom is 0.131 e. The third-order valence-electron chi connectivity index (χ3n) is 3.97. The molecule has 2 rings (SSSR count). The van der Waals surface area contributed by atoms with E-state index < -0.39 is 0 Å². The van der Waals surface area contributed by atoms with Crippen LogP contribution in [0.1, 0.15) is 26.7 Å². The molecule has 5 nitrogen and oxygen atoms in total. The van der Waals surface area contributed by atoms with Gasteiger partial charge in [0.1, 0.15) is 18.0 Å². The minimum absolute atomic E-state index is 0.245. The Morgan fingerprint density at radius 3 is 2.63 bits per heavy atom. The molecule has 0 atom stereocenters. The largest absolute Gasteiger partial charge is 0.381 e. The number of nitrogens with zero attached hydrogens (tertiary/aromatic N) is 2. The molecule has 2 N–H and O–H groups in total. The Kier molecular flexibility index (Phi) is 4.58. The maximum absolute atomic E-state index is 5.44. The maximum atomic E-state index is 5.44. The molecule has 0 saturated carbocycles. The Hall–Kier alpha value is -1.36. The number of anilines is 2. The third-order valence-corrected chi connectivity index (χ3v) is 3.97. The topological polar surface area (TPSA) is 59.1 Å². The molecule has 1 saturated heterocycles. The highest BCUT2D eigenvalue weighted by molar-refractivity contribution is 5.45. The van der Waals surface area contributed by atoms with E-state index in [0.29, 0.717) is 5.92 Å². The van der Waals surface area contributed by atoms with Crippen molar-refractivity contribution in [2.24, 2.45) is 11.3 Å². The van der Waals surface area contributed by atoms with Crippen LogP contribution in [0.4, 0.5) is 11.6 Å². The monoisotopic (exact) mass is 264 g/mol. The van der Waals surface area contributed by atoms with Gasteiger partial charge in [0, 0.05) is 32.9 Å². The van der Waals surface area contributed by atoms with Crippen LogP contribution < -0.4 is 10.6 Å². The summed E-state index contributed by atoms with van der Waals surface area (Å²) in [5, 5.41) is 6.45. The van der Waals surface area contributed by atoms with Crippen LogP contribution in [-0.4, -0.2) is 36.8 Å². The molecule has 1 aliphatic heterocycles. The Labute approximate surface area is 115 Å². The highest BCUT2D eigenvalue weighted by atomic mass is 16.5. The minimum atomic E-state index is 0.245. The van der Waals surface area contributed by atoms with Crippen LogP contribution in [0.5, 0.6) is 0 Å².